The van der Waals surface area contributed by atoms with Gasteiger partial charge in [-0.1, -0.05) is 41.4 Å². The SMILES string of the molecule is COc1ccc(N2C(=O)NC(=O)/C(=C/c3ccccc3OC(=O)c3ccc(Cl)cc3Cl)C2=O)cc1. The summed E-state index contributed by atoms with van der Waals surface area (Å²) >= 11 is 12.0. The number of nitrogens with one attached hydrogen (secondary N) is 1. The molecule has 10 heteroatoms. The molecular formula is C25H16Cl2N2O6. The molecule has 1 saturated heterocycles. The van der Waals surface area contributed by atoms with E-state index in [0.29, 0.717) is 10.8 Å². The zero-order chi connectivity index (χ0) is 25.1. The number of carbonyl (C=O) groups is 4. The molecule has 4 rings (SSSR count). The number of barbiturate groups is 1. The highest BCUT2D eigenvalue weighted by atomic mass is 35.5. The van der Waals surface area contributed by atoms with Gasteiger partial charge in [-0.3, -0.25) is 14.9 Å². The van der Waals surface area contributed by atoms with Crippen LogP contribution in [-0.4, -0.2) is 30.9 Å². The predicted octanol–water partition coefficient (Wildman–Crippen LogP) is 4.89. The third-order valence-corrected chi connectivity index (χ3v) is 5.55. The Labute approximate surface area is 209 Å². The molecule has 35 heavy (non-hydrogen) atoms. The quantitative estimate of drug-likeness (QED) is 0.227. The van der Waals surface area contributed by atoms with Crippen LogP contribution in [0.15, 0.2) is 72.3 Å². The van der Waals surface area contributed by atoms with Crippen molar-refractivity contribution in [3.63, 3.8) is 0 Å². The van der Waals surface area contributed by atoms with Gasteiger partial charge in [-0.25, -0.2) is 14.5 Å². The van der Waals surface area contributed by atoms with Gasteiger partial charge in [-0.2, -0.15) is 0 Å². The van der Waals surface area contributed by atoms with Crippen LogP contribution in [0.25, 0.3) is 6.08 Å². The smallest absolute Gasteiger partial charge is 0.345 e. The second-order valence-corrected chi connectivity index (χ2v) is 8.05. The van der Waals surface area contributed by atoms with Gasteiger partial charge in [0, 0.05) is 10.6 Å². The Morgan fingerprint density at radius 2 is 1.69 bits per heavy atom. The topological polar surface area (TPSA) is 102 Å². The number of imide groups is 2. The van der Waals surface area contributed by atoms with Crippen LogP contribution in [0.2, 0.25) is 10.0 Å². The fourth-order valence-corrected chi connectivity index (χ4v) is 3.77. The van der Waals surface area contributed by atoms with E-state index in [1.54, 1.807) is 30.3 Å². The summed E-state index contributed by atoms with van der Waals surface area (Å²) in [5.41, 5.74) is 0.256. The van der Waals surface area contributed by atoms with Crippen molar-refractivity contribution in [2.24, 2.45) is 0 Å². The molecule has 3 aromatic rings. The van der Waals surface area contributed by atoms with Crippen molar-refractivity contribution in [2.45, 2.75) is 0 Å². The van der Waals surface area contributed by atoms with Crippen molar-refractivity contribution in [1.82, 2.24) is 5.32 Å². The number of urea groups is 1. The van der Waals surface area contributed by atoms with Crippen molar-refractivity contribution in [1.29, 1.82) is 0 Å². The summed E-state index contributed by atoms with van der Waals surface area (Å²) in [7, 11) is 1.48. The van der Waals surface area contributed by atoms with Crippen LogP contribution in [-0.2, 0) is 9.59 Å². The Bertz CT molecular complexity index is 1380. The predicted molar refractivity (Wildman–Crippen MR) is 130 cm³/mol. The molecule has 0 bridgehead atoms. The summed E-state index contributed by atoms with van der Waals surface area (Å²) in [6.45, 7) is 0. The molecule has 0 spiro atoms. The highest BCUT2D eigenvalue weighted by Gasteiger charge is 2.37. The Morgan fingerprint density at radius 1 is 0.971 bits per heavy atom. The van der Waals surface area contributed by atoms with Gasteiger partial charge in [0.2, 0.25) is 0 Å². The minimum atomic E-state index is -0.889. The van der Waals surface area contributed by atoms with Crippen molar-refractivity contribution in [3.05, 3.63) is 93.5 Å². The van der Waals surface area contributed by atoms with Crippen LogP contribution < -0.4 is 19.7 Å². The molecule has 0 saturated carbocycles. The molecule has 0 aliphatic carbocycles. The Hall–Kier alpha value is -4.14. The van der Waals surface area contributed by atoms with E-state index in [-0.39, 0.29) is 33.2 Å². The summed E-state index contributed by atoms with van der Waals surface area (Å²) in [5, 5.41) is 2.61. The molecule has 176 valence electrons. The molecular weight excluding hydrogens is 495 g/mol. The van der Waals surface area contributed by atoms with Crippen LogP contribution in [0.3, 0.4) is 0 Å². The van der Waals surface area contributed by atoms with Crippen LogP contribution in [0, 0.1) is 0 Å². The first kappa shape index (κ1) is 24.0. The highest BCUT2D eigenvalue weighted by molar-refractivity contribution is 6.39. The second kappa shape index (κ2) is 10.0. The fourth-order valence-electron chi connectivity index (χ4n) is 3.28. The third kappa shape index (κ3) is 5.03. The van der Waals surface area contributed by atoms with Crippen LogP contribution in [0.4, 0.5) is 10.5 Å². The largest absolute Gasteiger partial charge is 0.497 e. The molecule has 1 N–H and O–H groups in total. The average Bonchev–Trinajstić information content (AvgIpc) is 2.83. The number of nitrogens with zero attached hydrogens (tertiary/aromatic N) is 1. The molecule has 1 aliphatic heterocycles. The molecule has 4 amide bonds. The molecule has 1 aliphatic rings. The number of anilines is 1. The molecule has 3 aromatic carbocycles. The lowest BCUT2D eigenvalue weighted by Crippen LogP contribution is -2.54. The number of rotatable bonds is 5. The maximum Gasteiger partial charge on any atom is 0.345 e. The summed E-state index contributed by atoms with van der Waals surface area (Å²) < 4.78 is 10.6. The van der Waals surface area contributed by atoms with Gasteiger partial charge < -0.3 is 9.47 Å². The number of methoxy groups -OCH3 is 1. The zero-order valence-electron chi connectivity index (χ0n) is 18.1. The Morgan fingerprint density at radius 3 is 2.37 bits per heavy atom. The lowest BCUT2D eigenvalue weighted by atomic mass is 10.1. The molecule has 1 fully saturated rings. The Balaban J connectivity index is 1.66. The number of benzene rings is 3. The molecule has 1 heterocycles. The zero-order valence-corrected chi connectivity index (χ0v) is 19.6. The number of esters is 1. The van der Waals surface area contributed by atoms with E-state index in [1.807, 2.05) is 0 Å². The van der Waals surface area contributed by atoms with Gasteiger partial charge in [-0.15, -0.1) is 0 Å². The van der Waals surface area contributed by atoms with Gasteiger partial charge >= 0.3 is 12.0 Å². The maximum atomic E-state index is 13.1. The monoisotopic (exact) mass is 510 g/mol. The number of para-hydroxylation sites is 1. The lowest BCUT2D eigenvalue weighted by molar-refractivity contribution is -0.122. The molecule has 0 unspecified atom stereocenters. The van der Waals surface area contributed by atoms with E-state index in [1.165, 1.54) is 49.6 Å². The summed E-state index contributed by atoms with van der Waals surface area (Å²) in [6, 6.07) is 15.9. The van der Waals surface area contributed by atoms with Gasteiger partial charge in [0.25, 0.3) is 11.8 Å². The van der Waals surface area contributed by atoms with Crippen LogP contribution >= 0.6 is 23.2 Å². The van der Waals surface area contributed by atoms with Crippen molar-refractivity contribution < 1.29 is 28.7 Å². The van der Waals surface area contributed by atoms with Crippen molar-refractivity contribution in [3.8, 4) is 11.5 Å². The number of carbonyl (C=O) groups excluding carboxylic acids is 4. The van der Waals surface area contributed by atoms with Crippen LogP contribution in [0.5, 0.6) is 11.5 Å². The van der Waals surface area contributed by atoms with E-state index in [0.717, 1.165) is 4.90 Å². The maximum absolute atomic E-state index is 13.1. The van der Waals surface area contributed by atoms with Gasteiger partial charge in [0.15, 0.2) is 0 Å². The first-order valence-electron chi connectivity index (χ1n) is 10.1. The standard InChI is InChI=1S/C25H16Cl2N2O6/c1-34-17-9-7-16(8-10-17)29-23(31)19(22(30)28-25(29)33)12-14-4-2-3-5-21(14)35-24(32)18-11-6-15(26)13-20(18)27/h2-13H,1H3,(H,28,30,33)/b19-12-. The van der Waals surface area contributed by atoms with E-state index >= 15 is 0 Å². The van der Waals surface area contributed by atoms with E-state index < -0.39 is 23.8 Å². The highest BCUT2D eigenvalue weighted by Crippen LogP contribution is 2.28. The van der Waals surface area contributed by atoms with Gasteiger partial charge in [-0.05, 0) is 54.6 Å². The van der Waals surface area contributed by atoms with Crippen LogP contribution in [0.1, 0.15) is 15.9 Å². The fraction of sp³-hybridized carbons (Fsp3) is 0.0400. The number of amides is 4. The number of ether oxygens (including phenoxy) is 2. The van der Waals surface area contributed by atoms with Crippen molar-refractivity contribution in [2.75, 3.05) is 12.0 Å². The minimum absolute atomic E-state index is 0.0736. The summed E-state index contributed by atoms with van der Waals surface area (Å²) in [4.78, 5) is 51.6. The number of hydrogen-bond donors (Lipinski definition) is 1. The number of hydrogen-bond acceptors (Lipinski definition) is 6. The van der Waals surface area contributed by atoms with E-state index in [9.17, 15) is 19.2 Å². The molecule has 0 aromatic heterocycles. The van der Waals surface area contributed by atoms with Crippen molar-refractivity contribution >= 4 is 58.8 Å². The summed E-state index contributed by atoms with van der Waals surface area (Å²) in [5.74, 6) is -1.88. The van der Waals surface area contributed by atoms with Gasteiger partial charge in [0.05, 0.1) is 23.4 Å². The second-order valence-electron chi connectivity index (χ2n) is 7.21. The molecule has 8 nitrogen and oxygen atoms in total. The van der Waals surface area contributed by atoms with E-state index in [2.05, 4.69) is 5.32 Å². The molecule has 0 radical (unpaired) electrons. The van der Waals surface area contributed by atoms with Gasteiger partial charge in [0.1, 0.15) is 17.1 Å². The van der Waals surface area contributed by atoms with E-state index in [4.69, 9.17) is 32.7 Å². The Kier molecular flexibility index (Phi) is 6.86. The number of halogens is 2. The average molecular weight is 511 g/mol. The first-order chi connectivity index (χ1) is 16.8. The minimum Gasteiger partial charge on any atom is -0.497 e. The summed E-state index contributed by atoms with van der Waals surface area (Å²) in [6.07, 6.45) is 1.24. The third-order valence-electron chi connectivity index (χ3n) is 5.00. The lowest BCUT2D eigenvalue weighted by Gasteiger charge is -2.26. The normalized spacial score (nSPS) is 14.7. The molecule has 0 atom stereocenters. The first-order valence-corrected chi connectivity index (χ1v) is 10.9.